The third kappa shape index (κ3) is 4.67. The van der Waals surface area contributed by atoms with E-state index in [1.807, 2.05) is 18.3 Å². The Balaban J connectivity index is 1.22. The summed E-state index contributed by atoms with van der Waals surface area (Å²) in [6.45, 7) is 7.96. The van der Waals surface area contributed by atoms with E-state index in [2.05, 4.69) is 56.1 Å². The van der Waals surface area contributed by atoms with Crippen LogP contribution in [0.2, 0.25) is 0 Å². The van der Waals surface area contributed by atoms with Gasteiger partial charge >= 0.3 is 6.03 Å². The number of fused-ring (bicyclic) bond motifs is 1. The van der Waals surface area contributed by atoms with Crippen molar-refractivity contribution in [2.75, 3.05) is 37.6 Å². The number of carbonyl (C=O) groups is 1. The number of hydrogen-bond donors (Lipinski definition) is 2. The summed E-state index contributed by atoms with van der Waals surface area (Å²) in [5.74, 6) is 0. The molecule has 2 aliphatic rings. The molecule has 1 unspecified atom stereocenters. The summed E-state index contributed by atoms with van der Waals surface area (Å²) in [6, 6.07) is 10.7. The number of hydrogen-bond acceptors (Lipinski definition) is 4. The molecule has 150 valence electrons. The highest BCUT2D eigenvalue weighted by atomic mass is 32.1. The molecule has 2 aliphatic heterocycles. The molecular formula is C22H30N4OS. The number of nitrogens with zero attached hydrogens (tertiary/aromatic N) is 2. The van der Waals surface area contributed by atoms with Gasteiger partial charge in [-0.25, -0.2) is 4.79 Å². The summed E-state index contributed by atoms with van der Waals surface area (Å²) >= 11 is 1.86. The Morgan fingerprint density at radius 1 is 1.21 bits per heavy atom. The SMILES string of the molecule is CC(NC(=O)NCCN1CCc2sccc2C1)c1cccc(N2CCCC2)c1. The van der Waals surface area contributed by atoms with E-state index in [9.17, 15) is 4.79 Å². The van der Waals surface area contributed by atoms with Crippen molar-refractivity contribution >= 4 is 23.1 Å². The largest absolute Gasteiger partial charge is 0.372 e. The molecule has 1 aromatic carbocycles. The molecule has 0 spiro atoms. The van der Waals surface area contributed by atoms with Gasteiger partial charge in [-0.1, -0.05) is 12.1 Å². The lowest BCUT2D eigenvalue weighted by Crippen LogP contribution is -2.42. The van der Waals surface area contributed by atoms with Crippen molar-refractivity contribution in [2.45, 2.75) is 38.8 Å². The van der Waals surface area contributed by atoms with Gasteiger partial charge in [-0.05, 0) is 60.9 Å². The average molecular weight is 399 g/mol. The molecule has 0 saturated carbocycles. The van der Waals surface area contributed by atoms with Gasteiger partial charge in [0.15, 0.2) is 0 Å². The number of carbonyl (C=O) groups excluding carboxylic acids is 1. The second-order valence-electron chi connectivity index (χ2n) is 7.81. The molecule has 2 N–H and O–H groups in total. The predicted octanol–water partition coefficient (Wildman–Crippen LogP) is 3.77. The highest BCUT2D eigenvalue weighted by molar-refractivity contribution is 7.10. The fraction of sp³-hybridized carbons (Fsp3) is 0.500. The first-order valence-electron chi connectivity index (χ1n) is 10.4. The minimum atomic E-state index is -0.0905. The van der Waals surface area contributed by atoms with Crippen LogP contribution in [0.25, 0.3) is 0 Å². The highest BCUT2D eigenvalue weighted by Gasteiger charge is 2.17. The number of amides is 2. The zero-order valence-electron chi connectivity index (χ0n) is 16.6. The molecule has 1 aromatic heterocycles. The van der Waals surface area contributed by atoms with Gasteiger partial charge in [-0.15, -0.1) is 11.3 Å². The minimum Gasteiger partial charge on any atom is -0.372 e. The van der Waals surface area contributed by atoms with Crippen molar-refractivity contribution in [3.05, 3.63) is 51.7 Å². The fourth-order valence-electron chi connectivity index (χ4n) is 4.12. The van der Waals surface area contributed by atoms with Crippen molar-refractivity contribution < 1.29 is 4.79 Å². The molecule has 1 atom stereocenters. The van der Waals surface area contributed by atoms with E-state index in [1.165, 1.54) is 29.0 Å². The van der Waals surface area contributed by atoms with Crippen molar-refractivity contribution in [1.29, 1.82) is 0 Å². The summed E-state index contributed by atoms with van der Waals surface area (Å²) in [4.78, 5) is 18.7. The van der Waals surface area contributed by atoms with Crippen LogP contribution in [0.5, 0.6) is 0 Å². The fourth-order valence-corrected chi connectivity index (χ4v) is 5.01. The van der Waals surface area contributed by atoms with E-state index >= 15 is 0 Å². The second-order valence-corrected chi connectivity index (χ2v) is 8.81. The molecule has 3 heterocycles. The van der Waals surface area contributed by atoms with Crippen molar-refractivity contribution in [1.82, 2.24) is 15.5 Å². The van der Waals surface area contributed by atoms with Crippen LogP contribution >= 0.6 is 11.3 Å². The number of nitrogens with one attached hydrogen (secondary N) is 2. The van der Waals surface area contributed by atoms with Gasteiger partial charge in [0.2, 0.25) is 0 Å². The Morgan fingerprint density at radius 3 is 2.93 bits per heavy atom. The van der Waals surface area contributed by atoms with E-state index in [0.717, 1.165) is 44.7 Å². The van der Waals surface area contributed by atoms with E-state index in [4.69, 9.17) is 0 Å². The Labute approximate surface area is 171 Å². The first kappa shape index (κ1) is 19.3. The van der Waals surface area contributed by atoms with Gasteiger partial charge in [0.25, 0.3) is 0 Å². The lowest BCUT2D eigenvalue weighted by molar-refractivity contribution is 0.229. The maximum absolute atomic E-state index is 12.3. The number of thiophene rings is 1. The minimum absolute atomic E-state index is 0.00842. The Kier molecular flexibility index (Phi) is 6.17. The number of rotatable bonds is 6. The predicted molar refractivity (Wildman–Crippen MR) is 116 cm³/mol. The van der Waals surface area contributed by atoms with Crippen LogP contribution in [0.15, 0.2) is 35.7 Å². The lowest BCUT2D eigenvalue weighted by Gasteiger charge is -2.27. The monoisotopic (exact) mass is 398 g/mol. The quantitative estimate of drug-likeness (QED) is 0.779. The normalized spacial score (nSPS) is 18.0. The molecule has 0 radical (unpaired) electrons. The van der Waals surface area contributed by atoms with Crippen LogP contribution in [-0.2, 0) is 13.0 Å². The molecule has 6 heteroatoms. The molecular weight excluding hydrogens is 368 g/mol. The second kappa shape index (κ2) is 8.97. The van der Waals surface area contributed by atoms with Crippen LogP contribution in [0.4, 0.5) is 10.5 Å². The third-order valence-electron chi connectivity index (χ3n) is 5.79. The Bertz CT molecular complexity index is 799. The summed E-state index contributed by atoms with van der Waals surface area (Å²) < 4.78 is 0. The van der Waals surface area contributed by atoms with Gasteiger partial charge in [-0.2, -0.15) is 0 Å². The van der Waals surface area contributed by atoms with Crippen LogP contribution in [-0.4, -0.2) is 43.7 Å². The van der Waals surface area contributed by atoms with Gasteiger partial charge in [0, 0.05) is 49.8 Å². The Morgan fingerprint density at radius 2 is 2.07 bits per heavy atom. The summed E-state index contributed by atoms with van der Waals surface area (Å²) in [5.41, 5.74) is 3.87. The van der Waals surface area contributed by atoms with E-state index in [-0.39, 0.29) is 12.1 Å². The lowest BCUT2D eigenvalue weighted by atomic mass is 10.1. The van der Waals surface area contributed by atoms with E-state index < -0.39 is 0 Å². The maximum atomic E-state index is 12.3. The van der Waals surface area contributed by atoms with Gasteiger partial charge in [0.1, 0.15) is 0 Å². The Hall–Kier alpha value is -2.05. The number of benzene rings is 1. The third-order valence-corrected chi connectivity index (χ3v) is 6.81. The van der Waals surface area contributed by atoms with E-state index in [1.54, 1.807) is 0 Å². The summed E-state index contributed by atoms with van der Waals surface area (Å²) in [5, 5.41) is 8.28. The van der Waals surface area contributed by atoms with Crippen molar-refractivity contribution in [2.24, 2.45) is 0 Å². The van der Waals surface area contributed by atoms with E-state index in [0.29, 0.717) is 6.54 Å². The molecule has 1 saturated heterocycles. The van der Waals surface area contributed by atoms with Gasteiger partial charge in [0.05, 0.1) is 6.04 Å². The van der Waals surface area contributed by atoms with Crippen molar-refractivity contribution in [3.63, 3.8) is 0 Å². The topological polar surface area (TPSA) is 47.6 Å². The molecule has 5 nitrogen and oxygen atoms in total. The molecule has 0 bridgehead atoms. The molecule has 4 rings (SSSR count). The van der Waals surface area contributed by atoms with Crippen LogP contribution < -0.4 is 15.5 Å². The van der Waals surface area contributed by atoms with Gasteiger partial charge in [-0.3, -0.25) is 4.90 Å². The summed E-state index contributed by atoms with van der Waals surface area (Å²) in [7, 11) is 0. The molecule has 28 heavy (non-hydrogen) atoms. The average Bonchev–Trinajstić information content (AvgIpc) is 3.39. The number of anilines is 1. The van der Waals surface area contributed by atoms with Gasteiger partial charge < -0.3 is 15.5 Å². The van der Waals surface area contributed by atoms with Crippen LogP contribution in [0.3, 0.4) is 0 Å². The molecule has 2 amide bonds. The molecule has 0 aliphatic carbocycles. The smallest absolute Gasteiger partial charge is 0.315 e. The first-order chi connectivity index (χ1) is 13.7. The molecule has 1 fully saturated rings. The zero-order valence-corrected chi connectivity index (χ0v) is 17.4. The highest BCUT2D eigenvalue weighted by Crippen LogP contribution is 2.24. The zero-order chi connectivity index (χ0) is 19.3. The first-order valence-corrected chi connectivity index (χ1v) is 11.2. The van der Waals surface area contributed by atoms with Crippen LogP contribution in [0.1, 0.15) is 41.8 Å². The standard InChI is InChI=1S/C22H30N4OS/c1-17(18-5-4-6-20(15-18)26-10-2-3-11-26)24-22(27)23-9-13-25-12-7-21-19(16-25)8-14-28-21/h4-6,8,14-15,17H,2-3,7,9-13,16H2,1H3,(H2,23,24,27). The maximum Gasteiger partial charge on any atom is 0.315 e. The molecule has 2 aromatic rings. The van der Waals surface area contributed by atoms with Crippen molar-refractivity contribution in [3.8, 4) is 0 Å². The number of urea groups is 1. The van der Waals surface area contributed by atoms with Crippen LogP contribution in [0, 0.1) is 0 Å². The summed E-state index contributed by atoms with van der Waals surface area (Å²) in [6.07, 6.45) is 3.67.